The van der Waals surface area contributed by atoms with Gasteiger partial charge in [-0.15, -0.1) is 0 Å². The summed E-state index contributed by atoms with van der Waals surface area (Å²) in [5.41, 5.74) is 5.41. The maximum atomic E-state index is 14.3. The normalized spacial score (nSPS) is 23.3. The molecule has 3 aromatic carbocycles. The number of fused-ring (bicyclic) bond motifs is 3. The molecule has 2 amide bonds. The number of nitrogens with zero attached hydrogens (tertiary/aromatic N) is 4. The van der Waals surface area contributed by atoms with Crippen LogP contribution < -0.4 is 14.5 Å². The van der Waals surface area contributed by atoms with Gasteiger partial charge in [-0.25, -0.2) is 0 Å². The van der Waals surface area contributed by atoms with Gasteiger partial charge >= 0.3 is 0 Å². The van der Waals surface area contributed by atoms with Crippen molar-refractivity contribution in [2.24, 2.45) is 28.0 Å². The van der Waals surface area contributed by atoms with E-state index < -0.39 is 23.7 Å². The summed E-state index contributed by atoms with van der Waals surface area (Å²) in [5, 5.41) is 18.1. The molecule has 4 aliphatic rings. The number of para-hydroxylation sites is 1. The third kappa shape index (κ3) is 5.61. The number of ether oxygens (including phenoxy) is 1. The predicted octanol–water partition coefficient (Wildman–Crippen LogP) is 6.17. The fourth-order valence-corrected chi connectivity index (χ4v) is 7.60. The number of carbonyl (C=O) groups excluding carboxylic acids is 4. The minimum atomic E-state index is -0.701. The highest BCUT2D eigenvalue weighted by Gasteiger charge is 2.56. The van der Waals surface area contributed by atoms with Gasteiger partial charge in [0.25, 0.3) is 0 Å². The number of Topliss-reactive ketones (excluding diaryl/α,β-unsaturated/α-hetero) is 1. The van der Waals surface area contributed by atoms with Crippen LogP contribution in [0.25, 0.3) is 0 Å². The summed E-state index contributed by atoms with van der Waals surface area (Å²) in [6.07, 6.45) is 3.88. The molecule has 1 aliphatic heterocycles. The molecule has 0 spiro atoms. The molecule has 7 rings (SSSR count). The number of aliphatic hydroxyl groups is 1. The second-order valence-electron chi connectivity index (χ2n) is 13.0. The topological polar surface area (TPSA) is 129 Å². The van der Waals surface area contributed by atoms with E-state index in [2.05, 4.69) is 10.2 Å². The fourth-order valence-electron chi connectivity index (χ4n) is 7.60. The maximum Gasteiger partial charge on any atom is 0.238 e. The number of amides is 2. The number of hydrogen-bond donors (Lipinski definition) is 1. The molecular formula is C39H36N4O6. The number of benzene rings is 3. The number of anilines is 2. The summed E-state index contributed by atoms with van der Waals surface area (Å²) < 4.78 is 5.89. The van der Waals surface area contributed by atoms with Crippen LogP contribution in [0.15, 0.2) is 117 Å². The maximum absolute atomic E-state index is 14.3. The van der Waals surface area contributed by atoms with Crippen molar-refractivity contribution in [1.29, 1.82) is 0 Å². The Kier molecular flexibility index (Phi) is 8.42. The van der Waals surface area contributed by atoms with E-state index in [9.17, 15) is 24.3 Å². The summed E-state index contributed by atoms with van der Waals surface area (Å²) in [6, 6.07) is 21.8. The number of azo groups is 1. The van der Waals surface area contributed by atoms with Gasteiger partial charge in [-0.2, -0.15) is 10.2 Å². The molecule has 0 unspecified atom stereocenters. The first-order valence-electron chi connectivity index (χ1n) is 16.4. The van der Waals surface area contributed by atoms with Crippen molar-refractivity contribution in [3.05, 3.63) is 113 Å². The Hall–Kier alpha value is -5.48. The Morgan fingerprint density at radius 2 is 1.55 bits per heavy atom. The first kappa shape index (κ1) is 32.1. The molecular weight excluding hydrogens is 620 g/mol. The number of hydrogen-bond acceptors (Lipinski definition) is 9. The third-order valence-corrected chi connectivity index (χ3v) is 9.90. The quantitative estimate of drug-likeness (QED) is 0.133. The molecule has 3 aromatic rings. The Labute approximate surface area is 284 Å². The number of carbonyl (C=O) groups is 4. The summed E-state index contributed by atoms with van der Waals surface area (Å²) in [6.45, 7) is 1.49. The first-order chi connectivity index (χ1) is 23.7. The van der Waals surface area contributed by atoms with Gasteiger partial charge in [-0.3, -0.25) is 24.1 Å². The Morgan fingerprint density at radius 3 is 2.22 bits per heavy atom. The zero-order chi connectivity index (χ0) is 34.4. The van der Waals surface area contributed by atoms with Crippen molar-refractivity contribution in [2.75, 3.05) is 37.1 Å². The number of allylic oxidation sites excluding steroid dienone is 6. The molecule has 10 heteroatoms. The molecule has 10 nitrogen and oxygen atoms in total. The number of aliphatic hydroxyl groups excluding tert-OH is 1. The molecule has 248 valence electrons. The predicted molar refractivity (Wildman–Crippen MR) is 184 cm³/mol. The molecule has 1 fully saturated rings. The Morgan fingerprint density at radius 1 is 0.878 bits per heavy atom. The third-order valence-electron chi connectivity index (χ3n) is 9.90. The zero-order valence-corrected chi connectivity index (χ0v) is 27.5. The summed E-state index contributed by atoms with van der Waals surface area (Å²) in [4.78, 5) is 58.7. The van der Waals surface area contributed by atoms with Gasteiger partial charge < -0.3 is 14.7 Å². The van der Waals surface area contributed by atoms with Crippen LogP contribution in [0.4, 0.5) is 22.7 Å². The SMILES string of the molecule is CC1=CC(=O)C2=C(C[C@@H]3C(=CC[C@@H]4C(=O)N(c5ccc(N=Nc6ccc(N(C)C)cc6)cc5)C(=O)[C@@H]43)[C@@H]2c2ccccc2OCCO)C1=O. The lowest BCUT2D eigenvalue weighted by Gasteiger charge is -2.42. The second-order valence-corrected chi connectivity index (χ2v) is 13.0. The van der Waals surface area contributed by atoms with Crippen molar-refractivity contribution in [1.82, 2.24) is 0 Å². The molecule has 0 radical (unpaired) electrons. The molecule has 4 atom stereocenters. The summed E-state index contributed by atoms with van der Waals surface area (Å²) >= 11 is 0. The van der Waals surface area contributed by atoms with Crippen molar-refractivity contribution in [3.63, 3.8) is 0 Å². The van der Waals surface area contributed by atoms with Crippen LogP contribution in [-0.4, -0.2) is 55.8 Å². The lowest BCUT2D eigenvalue weighted by molar-refractivity contribution is -0.123. The molecule has 1 heterocycles. The van der Waals surface area contributed by atoms with Crippen LogP contribution in [-0.2, 0) is 19.2 Å². The van der Waals surface area contributed by atoms with E-state index in [1.54, 1.807) is 43.3 Å². The number of imide groups is 1. The molecule has 0 aromatic heterocycles. The van der Waals surface area contributed by atoms with E-state index in [-0.39, 0.29) is 43.0 Å². The van der Waals surface area contributed by atoms with E-state index in [0.29, 0.717) is 51.5 Å². The average molecular weight is 657 g/mol. The van der Waals surface area contributed by atoms with Crippen LogP contribution in [0.1, 0.15) is 31.2 Å². The van der Waals surface area contributed by atoms with E-state index in [1.807, 2.05) is 61.5 Å². The van der Waals surface area contributed by atoms with Gasteiger partial charge in [0.1, 0.15) is 12.4 Å². The molecule has 0 saturated carbocycles. The van der Waals surface area contributed by atoms with E-state index in [4.69, 9.17) is 4.74 Å². The van der Waals surface area contributed by atoms with Gasteiger partial charge in [-0.05, 0) is 86.4 Å². The van der Waals surface area contributed by atoms with Gasteiger partial charge in [0.2, 0.25) is 11.8 Å². The van der Waals surface area contributed by atoms with Gasteiger partial charge in [0.05, 0.1) is 35.5 Å². The molecule has 3 aliphatic carbocycles. The van der Waals surface area contributed by atoms with Crippen LogP contribution in [0.2, 0.25) is 0 Å². The molecule has 49 heavy (non-hydrogen) atoms. The van der Waals surface area contributed by atoms with Gasteiger partial charge in [0, 0.05) is 48.0 Å². The highest BCUT2D eigenvalue weighted by atomic mass is 16.5. The lowest BCUT2D eigenvalue weighted by atomic mass is 9.59. The van der Waals surface area contributed by atoms with E-state index in [0.717, 1.165) is 11.3 Å². The van der Waals surface area contributed by atoms with Gasteiger partial charge in [-0.1, -0.05) is 29.8 Å². The monoisotopic (exact) mass is 656 g/mol. The first-order valence-corrected chi connectivity index (χ1v) is 16.4. The van der Waals surface area contributed by atoms with Crippen molar-refractivity contribution < 1.29 is 29.0 Å². The molecule has 1 saturated heterocycles. The Balaban J connectivity index is 1.20. The van der Waals surface area contributed by atoms with Crippen LogP contribution in [0.3, 0.4) is 0 Å². The zero-order valence-electron chi connectivity index (χ0n) is 27.5. The van der Waals surface area contributed by atoms with E-state index in [1.165, 1.54) is 11.0 Å². The lowest BCUT2D eigenvalue weighted by Crippen LogP contribution is -2.40. The summed E-state index contributed by atoms with van der Waals surface area (Å²) in [5.74, 6) is -2.98. The smallest absolute Gasteiger partial charge is 0.238 e. The highest BCUT2D eigenvalue weighted by molar-refractivity contribution is 6.25. The minimum Gasteiger partial charge on any atom is -0.491 e. The average Bonchev–Trinajstić information content (AvgIpc) is 3.37. The van der Waals surface area contributed by atoms with Crippen LogP contribution in [0.5, 0.6) is 5.75 Å². The van der Waals surface area contributed by atoms with Crippen LogP contribution in [0, 0.1) is 17.8 Å². The number of ketones is 2. The highest BCUT2D eigenvalue weighted by Crippen LogP contribution is 2.56. The molecule has 1 N–H and O–H groups in total. The second kappa shape index (κ2) is 12.9. The minimum absolute atomic E-state index is 0.0562. The van der Waals surface area contributed by atoms with Gasteiger partial charge in [0.15, 0.2) is 11.6 Å². The Bertz CT molecular complexity index is 1990. The van der Waals surface area contributed by atoms with E-state index >= 15 is 0 Å². The largest absolute Gasteiger partial charge is 0.491 e. The fraction of sp³-hybridized carbons (Fsp3) is 0.282. The molecule has 0 bridgehead atoms. The van der Waals surface area contributed by atoms with Crippen molar-refractivity contribution in [3.8, 4) is 5.75 Å². The standard InChI is InChI=1S/C39H36N4O6/c1-22-20-32(45)36-31(37(22)46)21-30-27(34(36)28-6-4-5-7-33(28)49-19-18-44)16-17-29-35(30)39(48)43(38(29)47)26-14-10-24(11-15-26)41-40-23-8-12-25(13-9-23)42(2)3/h4-16,20,29-30,34-35,44H,17-19,21H2,1-3H3/t29-,30+,34+,35-/m0/s1. The van der Waals surface area contributed by atoms with Crippen molar-refractivity contribution in [2.45, 2.75) is 25.7 Å². The van der Waals surface area contributed by atoms with Crippen LogP contribution >= 0.6 is 0 Å². The summed E-state index contributed by atoms with van der Waals surface area (Å²) in [7, 11) is 3.93. The van der Waals surface area contributed by atoms with Crippen molar-refractivity contribution >= 4 is 46.1 Å². The number of rotatable bonds is 8.